The molecule has 0 atom stereocenters. The fraction of sp³-hybridized carbons (Fsp3) is 0.294. The number of aliphatic hydroxyl groups is 1. The first kappa shape index (κ1) is 14.4. The molecule has 126 valence electrons. The molecule has 0 unspecified atom stereocenters. The Hall–Kier alpha value is -3.00. The van der Waals surface area contributed by atoms with Gasteiger partial charge in [-0.3, -0.25) is 0 Å². The number of aromatic nitrogens is 6. The fourth-order valence-corrected chi connectivity index (χ4v) is 3.30. The molecule has 0 amide bonds. The van der Waals surface area contributed by atoms with Crippen LogP contribution in [0.5, 0.6) is 0 Å². The van der Waals surface area contributed by atoms with Crippen LogP contribution >= 0.6 is 0 Å². The summed E-state index contributed by atoms with van der Waals surface area (Å²) in [6.07, 6.45) is 5.05. The molecule has 8 nitrogen and oxygen atoms in total. The third-order valence-corrected chi connectivity index (χ3v) is 4.78. The van der Waals surface area contributed by atoms with Crippen LogP contribution in [0.4, 0.5) is 5.95 Å². The number of nitrogens with zero attached hydrogens (tertiary/aromatic N) is 6. The van der Waals surface area contributed by atoms with Gasteiger partial charge in [-0.25, -0.2) is 14.2 Å². The minimum atomic E-state index is -0.198. The van der Waals surface area contributed by atoms with E-state index in [1.807, 2.05) is 42.2 Å². The zero-order chi connectivity index (χ0) is 17.0. The Morgan fingerprint density at radius 1 is 1.20 bits per heavy atom. The summed E-state index contributed by atoms with van der Waals surface area (Å²) in [6, 6.07) is 8.37. The maximum absolute atomic E-state index is 9.38. The van der Waals surface area contributed by atoms with Crippen LogP contribution in [-0.2, 0) is 7.05 Å². The number of hydrogen-bond donors (Lipinski definition) is 2. The molecule has 1 saturated carbocycles. The average Bonchev–Trinajstić information content (AvgIpc) is 3.17. The molecule has 0 spiro atoms. The van der Waals surface area contributed by atoms with E-state index in [2.05, 4.69) is 31.8 Å². The van der Waals surface area contributed by atoms with Gasteiger partial charge in [-0.2, -0.15) is 0 Å². The normalized spacial score (nSPS) is 20.1. The van der Waals surface area contributed by atoms with Gasteiger partial charge in [0.2, 0.25) is 5.95 Å². The van der Waals surface area contributed by atoms with Crippen molar-refractivity contribution < 1.29 is 5.11 Å². The SMILES string of the molecule is Cn1nnc2ccc(-c3ccn4nc(NC5CC(O)C5)ncc34)cc21. The van der Waals surface area contributed by atoms with E-state index in [1.54, 1.807) is 4.68 Å². The van der Waals surface area contributed by atoms with Gasteiger partial charge in [0.15, 0.2) is 0 Å². The summed E-state index contributed by atoms with van der Waals surface area (Å²) >= 11 is 0. The lowest BCUT2D eigenvalue weighted by molar-refractivity contribution is 0.0833. The predicted molar refractivity (Wildman–Crippen MR) is 93.1 cm³/mol. The number of anilines is 1. The van der Waals surface area contributed by atoms with E-state index < -0.39 is 0 Å². The van der Waals surface area contributed by atoms with E-state index in [9.17, 15) is 5.11 Å². The van der Waals surface area contributed by atoms with Crippen LogP contribution in [0.15, 0.2) is 36.7 Å². The number of aliphatic hydroxyl groups excluding tert-OH is 1. The van der Waals surface area contributed by atoms with Crippen molar-refractivity contribution in [2.75, 3.05) is 5.32 Å². The fourth-order valence-electron chi connectivity index (χ4n) is 3.30. The number of benzene rings is 1. The Morgan fingerprint density at radius 3 is 2.92 bits per heavy atom. The highest BCUT2D eigenvalue weighted by atomic mass is 16.3. The number of fused-ring (bicyclic) bond motifs is 2. The first-order chi connectivity index (χ1) is 12.2. The third-order valence-electron chi connectivity index (χ3n) is 4.78. The zero-order valence-corrected chi connectivity index (χ0v) is 13.7. The molecule has 0 bridgehead atoms. The van der Waals surface area contributed by atoms with E-state index in [4.69, 9.17) is 0 Å². The van der Waals surface area contributed by atoms with Crippen LogP contribution in [0.2, 0.25) is 0 Å². The van der Waals surface area contributed by atoms with E-state index in [0.717, 1.165) is 40.5 Å². The summed E-state index contributed by atoms with van der Waals surface area (Å²) in [5.74, 6) is 0.581. The van der Waals surface area contributed by atoms with Crippen LogP contribution in [0.25, 0.3) is 27.7 Å². The van der Waals surface area contributed by atoms with Crippen molar-refractivity contribution in [2.45, 2.75) is 25.0 Å². The molecule has 0 aliphatic heterocycles. The lowest BCUT2D eigenvalue weighted by Crippen LogP contribution is -2.39. The Kier molecular flexibility index (Phi) is 3.01. The summed E-state index contributed by atoms with van der Waals surface area (Å²) in [7, 11) is 1.88. The molecule has 1 aliphatic rings. The van der Waals surface area contributed by atoms with Gasteiger partial charge in [0.25, 0.3) is 0 Å². The molecule has 1 fully saturated rings. The predicted octanol–water partition coefficient (Wildman–Crippen LogP) is 1.61. The van der Waals surface area contributed by atoms with Crippen LogP contribution in [0.1, 0.15) is 12.8 Å². The van der Waals surface area contributed by atoms with Crippen molar-refractivity contribution in [2.24, 2.45) is 7.05 Å². The number of aryl methyl sites for hydroxylation is 1. The first-order valence-corrected chi connectivity index (χ1v) is 8.26. The largest absolute Gasteiger partial charge is 0.393 e. The highest BCUT2D eigenvalue weighted by Crippen LogP contribution is 2.28. The second kappa shape index (κ2) is 5.25. The highest BCUT2D eigenvalue weighted by molar-refractivity contribution is 5.87. The smallest absolute Gasteiger partial charge is 0.241 e. The van der Waals surface area contributed by atoms with Crippen LogP contribution in [0, 0.1) is 0 Å². The van der Waals surface area contributed by atoms with E-state index in [-0.39, 0.29) is 12.1 Å². The average molecular weight is 335 g/mol. The van der Waals surface area contributed by atoms with Crippen molar-refractivity contribution in [3.05, 3.63) is 36.7 Å². The molecule has 3 aromatic heterocycles. The van der Waals surface area contributed by atoms with Gasteiger partial charge < -0.3 is 10.4 Å². The molecular formula is C17H17N7O. The van der Waals surface area contributed by atoms with Gasteiger partial charge in [-0.1, -0.05) is 11.3 Å². The summed E-state index contributed by atoms with van der Waals surface area (Å²) < 4.78 is 3.59. The zero-order valence-electron chi connectivity index (χ0n) is 13.7. The van der Waals surface area contributed by atoms with Gasteiger partial charge >= 0.3 is 0 Å². The second-order valence-corrected chi connectivity index (χ2v) is 6.52. The third kappa shape index (κ3) is 2.33. The minimum Gasteiger partial charge on any atom is -0.393 e. The molecule has 2 N–H and O–H groups in total. The molecule has 5 rings (SSSR count). The van der Waals surface area contributed by atoms with Crippen molar-refractivity contribution in [3.8, 4) is 11.1 Å². The van der Waals surface area contributed by atoms with Gasteiger partial charge in [0.1, 0.15) is 5.52 Å². The van der Waals surface area contributed by atoms with E-state index in [0.29, 0.717) is 5.95 Å². The van der Waals surface area contributed by atoms with Gasteiger partial charge in [-0.05, 0) is 36.6 Å². The molecule has 0 saturated heterocycles. The van der Waals surface area contributed by atoms with Crippen LogP contribution in [0.3, 0.4) is 0 Å². The standard InChI is InChI=1S/C17H17N7O/c1-23-15-6-10(2-3-14(15)20-22-23)13-4-5-24-16(13)9-18-17(21-24)19-11-7-12(25)8-11/h2-6,9,11-12,25H,7-8H2,1H3,(H,19,21). The summed E-state index contributed by atoms with van der Waals surface area (Å²) in [4.78, 5) is 4.43. The van der Waals surface area contributed by atoms with Crippen LogP contribution in [-0.4, -0.2) is 46.8 Å². The molecule has 1 aromatic carbocycles. The van der Waals surface area contributed by atoms with Gasteiger partial charge in [-0.15, -0.1) is 10.2 Å². The summed E-state index contributed by atoms with van der Waals surface area (Å²) in [5.41, 5.74) is 4.94. The van der Waals surface area contributed by atoms with E-state index >= 15 is 0 Å². The van der Waals surface area contributed by atoms with Crippen LogP contribution < -0.4 is 5.32 Å². The van der Waals surface area contributed by atoms with Crippen molar-refractivity contribution in [3.63, 3.8) is 0 Å². The number of rotatable bonds is 3. The lowest BCUT2D eigenvalue weighted by Gasteiger charge is -2.31. The Bertz CT molecular complexity index is 1080. The summed E-state index contributed by atoms with van der Waals surface area (Å²) in [6.45, 7) is 0. The topological polar surface area (TPSA) is 93.2 Å². The second-order valence-electron chi connectivity index (χ2n) is 6.52. The summed E-state index contributed by atoms with van der Waals surface area (Å²) in [5, 5.41) is 25.3. The lowest BCUT2D eigenvalue weighted by atomic mass is 9.90. The number of nitrogens with one attached hydrogen (secondary N) is 1. The maximum Gasteiger partial charge on any atom is 0.241 e. The molecule has 0 radical (unpaired) electrons. The van der Waals surface area contributed by atoms with Crippen molar-refractivity contribution in [1.82, 2.24) is 29.6 Å². The molecule has 4 aromatic rings. The monoisotopic (exact) mass is 335 g/mol. The van der Waals surface area contributed by atoms with E-state index in [1.165, 1.54) is 0 Å². The molecule has 3 heterocycles. The van der Waals surface area contributed by atoms with Gasteiger partial charge in [0, 0.05) is 24.8 Å². The molecule has 25 heavy (non-hydrogen) atoms. The Balaban J connectivity index is 1.51. The number of hydrogen-bond acceptors (Lipinski definition) is 6. The van der Waals surface area contributed by atoms with Crippen molar-refractivity contribution >= 4 is 22.5 Å². The maximum atomic E-state index is 9.38. The molecule has 8 heteroatoms. The minimum absolute atomic E-state index is 0.198. The molecular weight excluding hydrogens is 318 g/mol. The highest BCUT2D eigenvalue weighted by Gasteiger charge is 2.27. The first-order valence-electron chi connectivity index (χ1n) is 8.26. The Labute approximate surface area is 143 Å². The quantitative estimate of drug-likeness (QED) is 0.591. The molecule has 1 aliphatic carbocycles. The van der Waals surface area contributed by atoms with Gasteiger partial charge in [0.05, 0.1) is 23.3 Å². The van der Waals surface area contributed by atoms with Crippen molar-refractivity contribution in [1.29, 1.82) is 0 Å². The Morgan fingerprint density at radius 2 is 2.08 bits per heavy atom.